The zero-order chi connectivity index (χ0) is 9.26. The normalized spacial score (nSPS) is 9.85. The van der Waals surface area contributed by atoms with E-state index in [4.69, 9.17) is 10.00 Å². The molecule has 0 saturated carbocycles. The fourth-order valence-corrected chi connectivity index (χ4v) is 1.17. The number of nitrogens with one attached hydrogen (secondary N) is 1. The first kappa shape index (κ1) is 7.62. The Kier molecular flexibility index (Phi) is 1.64. The molecule has 0 aliphatic carbocycles. The molecule has 4 nitrogen and oxygen atoms in total. The van der Waals surface area contributed by atoms with Gasteiger partial charge in [-0.15, -0.1) is 0 Å². The van der Waals surface area contributed by atoms with Crippen LogP contribution in [0.25, 0.3) is 11.0 Å². The maximum Gasteiger partial charge on any atom is 0.211 e. The highest BCUT2D eigenvalue weighted by atomic mass is 16.5. The quantitative estimate of drug-likeness (QED) is 0.709. The molecule has 0 radical (unpaired) electrons. The Hall–Kier alpha value is -2.02. The number of nitrogens with zero attached hydrogens (tertiary/aromatic N) is 2. The molecule has 1 N–H and O–H groups in total. The largest absolute Gasteiger partial charge is 0.497 e. The Morgan fingerprint density at radius 3 is 3.08 bits per heavy atom. The molecule has 0 spiro atoms. The van der Waals surface area contributed by atoms with E-state index in [1.807, 2.05) is 24.3 Å². The van der Waals surface area contributed by atoms with Crippen molar-refractivity contribution < 1.29 is 4.74 Å². The number of hydrogen-bond acceptors (Lipinski definition) is 3. The number of H-pyrrole nitrogens is 1. The lowest BCUT2D eigenvalue weighted by Crippen LogP contribution is -1.81. The molecule has 0 atom stereocenters. The van der Waals surface area contributed by atoms with Gasteiger partial charge in [-0.05, 0) is 12.1 Å². The summed E-state index contributed by atoms with van der Waals surface area (Å²) < 4.78 is 5.03. The van der Waals surface area contributed by atoms with Gasteiger partial charge < -0.3 is 9.72 Å². The molecule has 64 valence electrons. The van der Waals surface area contributed by atoms with Crippen LogP contribution in [-0.4, -0.2) is 17.1 Å². The molecule has 2 aromatic rings. The van der Waals surface area contributed by atoms with Gasteiger partial charge in [0.1, 0.15) is 11.8 Å². The molecular weight excluding hydrogens is 166 g/mol. The van der Waals surface area contributed by atoms with E-state index < -0.39 is 0 Å². The first-order valence-electron chi connectivity index (χ1n) is 3.77. The Morgan fingerprint density at radius 1 is 1.54 bits per heavy atom. The summed E-state index contributed by atoms with van der Waals surface area (Å²) in [6.45, 7) is 0. The van der Waals surface area contributed by atoms with Crippen LogP contribution in [0, 0.1) is 11.3 Å². The van der Waals surface area contributed by atoms with E-state index in [0.29, 0.717) is 5.82 Å². The number of hydrogen-bond donors (Lipinski definition) is 1. The van der Waals surface area contributed by atoms with Crippen molar-refractivity contribution in [3.63, 3.8) is 0 Å². The minimum Gasteiger partial charge on any atom is -0.497 e. The lowest BCUT2D eigenvalue weighted by molar-refractivity contribution is 0.415. The summed E-state index contributed by atoms with van der Waals surface area (Å²) >= 11 is 0. The van der Waals surface area contributed by atoms with Gasteiger partial charge in [0.2, 0.25) is 5.82 Å². The summed E-state index contributed by atoms with van der Waals surface area (Å²) in [7, 11) is 1.60. The molecule has 0 saturated heterocycles. The van der Waals surface area contributed by atoms with Crippen molar-refractivity contribution in [1.29, 1.82) is 5.26 Å². The molecule has 0 fully saturated rings. The molecule has 4 heteroatoms. The fraction of sp³-hybridized carbons (Fsp3) is 0.111. The van der Waals surface area contributed by atoms with E-state index in [1.54, 1.807) is 7.11 Å². The van der Waals surface area contributed by atoms with E-state index >= 15 is 0 Å². The number of benzene rings is 1. The number of methoxy groups -OCH3 is 1. The molecule has 0 aliphatic rings. The fourth-order valence-electron chi connectivity index (χ4n) is 1.17. The first-order chi connectivity index (χ1) is 6.33. The number of aromatic nitrogens is 2. The standard InChI is InChI=1S/C9H7N3O/c1-13-6-2-3-7-8(4-6)12-9(5-10)11-7/h2-4H,1H3,(H,11,12). The second kappa shape index (κ2) is 2.79. The topological polar surface area (TPSA) is 61.7 Å². The van der Waals surface area contributed by atoms with Crippen LogP contribution in [0.4, 0.5) is 0 Å². The molecule has 1 heterocycles. The lowest BCUT2D eigenvalue weighted by atomic mass is 10.3. The van der Waals surface area contributed by atoms with Crippen LogP contribution in [0.15, 0.2) is 18.2 Å². The SMILES string of the molecule is COc1ccc2nc(C#N)[nH]c2c1. The Morgan fingerprint density at radius 2 is 2.38 bits per heavy atom. The maximum atomic E-state index is 8.59. The van der Waals surface area contributed by atoms with Gasteiger partial charge in [0.15, 0.2) is 0 Å². The van der Waals surface area contributed by atoms with Crippen LogP contribution >= 0.6 is 0 Å². The molecule has 1 aromatic carbocycles. The lowest BCUT2D eigenvalue weighted by Gasteiger charge is -1.96. The van der Waals surface area contributed by atoms with Crippen molar-refractivity contribution in [3.8, 4) is 11.8 Å². The van der Waals surface area contributed by atoms with E-state index in [2.05, 4.69) is 9.97 Å². The van der Waals surface area contributed by atoms with Gasteiger partial charge in [-0.2, -0.15) is 5.26 Å². The van der Waals surface area contributed by atoms with Crippen molar-refractivity contribution in [3.05, 3.63) is 24.0 Å². The molecule has 0 aliphatic heterocycles. The first-order valence-corrected chi connectivity index (χ1v) is 3.77. The summed E-state index contributed by atoms with van der Waals surface area (Å²) in [4.78, 5) is 6.90. The van der Waals surface area contributed by atoms with Crippen LogP contribution in [0.2, 0.25) is 0 Å². The third-order valence-corrected chi connectivity index (χ3v) is 1.79. The number of ether oxygens (including phenoxy) is 1. The van der Waals surface area contributed by atoms with Crippen molar-refractivity contribution in [1.82, 2.24) is 9.97 Å². The molecule has 1 aromatic heterocycles. The molecule has 0 amide bonds. The number of nitriles is 1. The Balaban J connectivity index is 2.65. The van der Waals surface area contributed by atoms with Gasteiger partial charge in [-0.25, -0.2) is 4.98 Å². The van der Waals surface area contributed by atoms with Gasteiger partial charge >= 0.3 is 0 Å². The summed E-state index contributed by atoms with van der Waals surface area (Å²) in [5.41, 5.74) is 1.59. The van der Waals surface area contributed by atoms with Gasteiger partial charge in [0.05, 0.1) is 18.1 Å². The molecule has 0 bridgehead atoms. The van der Waals surface area contributed by atoms with Crippen molar-refractivity contribution >= 4 is 11.0 Å². The van der Waals surface area contributed by atoms with E-state index in [1.165, 1.54) is 0 Å². The van der Waals surface area contributed by atoms with Crippen LogP contribution in [0.1, 0.15) is 5.82 Å². The van der Waals surface area contributed by atoms with Gasteiger partial charge in [-0.3, -0.25) is 0 Å². The highest BCUT2D eigenvalue weighted by Crippen LogP contribution is 2.18. The van der Waals surface area contributed by atoms with Crippen molar-refractivity contribution in [2.75, 3.05) is 7.11 Å². The summed E-state index contributed by atoms with van der Waals surface area (Å²) in [6.07, 6.45) is 0. The van der Waals surface area contributed by atoms with Gasteiger partial charge in [0, 0.05) is 6.07 Å². The third kappa shape index (κ3) is 1.20. The van der Waals surface area contributed by atoms with Crippen molar-refractivity contribution in [2.45, 2.75) is 0 Å². The molecule has 13 heavy (non-hydrogen) atoms. The molecule has 0 unspecified atom stereocenters. The zero-order valence-electron chi connectivity index (χ0n) is 7.03. The summed E-state index contributed by atoms with van der Waals surface area (Å²) in [5.74, 6) is 1.07. The predicted molar refractivity (Wildman–Crippen MR) is 47.4 cm³/mol. The predicted octanol–water partition coefficient (Wildman–Crippen LogP) is 1.44. The third-order valence-electron chi connectivity index (χ3n) is 1.79. The van der Waals surface area contributed by atoms with E-state index in [-0.39, 0.29) is 0 Å². The van der Waals surface area contributed by atoms with Gasteiger partial charge in [0.25, 0.3) is 0 Å². The summed E-state index contributed by atoms with van der Waals surface area (Å²) in [6, 6.07) is 7.38. The number of fused-ring (bicyclic) bond motifs is 1. The minimum atomic E-state index is 0.322. The molecule has 2 rings (SSSR count). The van der Waals surface area contributed by atoms with Gasteiger partial charge in [-0.1, -0.05) is 0 Å². The van der Waals surface area contributed by atoms with E-state index in [9.17, 15) is 0 Å². The number of imidazole rings is 1. The average Bonchev–Trinajstić information content (AvgIpc) is 2.58. The molecular formula is C9H7N3O. The maximum absolute atomic E-state index is 8.59. The number of aromatic amines is 1. The summed E-state index contributed by atoms with van der Waals surface area (Å²) in [5, 5.41) is 8.59. The van der Waals surface area contributed by atoms with Crippen molar-refractivity contribution in [2.24, 2.45) is 0 Å². The second-order valence-electron chi connectivity index (χ2n) is 2.58. The van der Waals surface area contributed by atoms with Crippen LogP contribution < -0.4 is 4.74 Å². The van der Waals surface area contributed by atoms with Crippen LogP contribution in [-0.2, 0) is 0 Å². The minimum absolute atomic E-state index is 0.322. The Bertz CT molecular complexity index is 481. The zero-order valence-corrected chi connectivity index (χ0v) is 7.03. The highest BCUT2D eigenvalue weighted by molar-refractivity contribution is 5.77. The van der Waals surface area contributed by atoms with E-state index in [0.717, 1.165) is 16.8 Å². The smallest absolute Gasteiger partial charge is 0.211 e. The monoisotopic (exact) mass is 173 g/mol. The average molecular weight is 173 g/mol. The highest BCUT2D eigenvalue weighted by Gasteiger charge is 2.01. The Labute approximate surface area is 74.8 Å². The van der Waals surface area contributed by atoms with Crippen LogP contribution in [0.3, 0.4) is 0 Å². The number of rotatable bonds is 1. The second-order valence-corrected chi connectivity index (χ2v) is 2.58. The van der Waals surface area contributed by atoms with Crippen LogP contribution in [0.5, 0.6) is 5.75 Å².